The van der Waals surface area contributed by atoms with Crippen molar-refractivity contribution >= 4 is 5.82 Å². The summed E-state index contributed by atoms with van der Waals surface area (Å²) in [4.78, 5) is 4.41. The lowest BCUT2D eigenvalue weighted by Gasteiger charge is -2.16. The molecule has 1 heterocycles. The minimum atomic E-state index is 0.129. The minimum absolute atomic E-state index is 0.129. The van der Waals surface area contributed by atoms with Crippen LogP contribution in [0.25, 0.3) is 22.4 Å². The SMILES string of the molecule is COc1ccccc1-c1cc(-c2c(OC)cccc2OC)c(C#N)c(N)n1. The van der Waals surface area contributed by atoms with E-state index in [1.54, 1.807) is 39.5 Å². The van der Waals surface area contributed by atoms with Crippen molar-refractivity contribution in [2.75, 3.05) is 27.1 Å². The standard InChI is InChI=1S/C21H19N3O3/c1-25-17-8-5-4-7-13(17)16-11-14(15(12-22)21(23)24-16)20-18(26-2)9-6-10-19(20)27-3/h4-11H,1-3H3,(H2,23,24). The van der Waals surface area contributed by atoms with Gasteiger partial charge < -0.3 is 19.9 Å². The van der Waals surface area contributed by atoms with Gasteiger partial charge in [-0.05, 0) is 30.3 Å². The summed E-state index contributed by atoms with van der Waals surface area (Å²) < 4.78 is 16.4. The Bertz CT molecular complexity index is 1000. The van der Waals surface area contributed by atoms with E-state index in [4.69, 9.17) is 19.9 Å². The minimum Gasteiger partial charge on any atom is -0.496 e. The lowest BCUT2D eigenvalue weighted by atomic mass is 9.96. The summed E-state index contributed by atoms with van der Waals surface area (Å²) >= 11 is 0. The van der Waals surface area contributed by atoms with Gasteiger partial charge in [-0.2, -0.15) is 5.26 Å². The van der Waals surface area contributed by atoms with Crippen molar-refractivity contribution < 1.29 is 14.2 Å². The van der Waals surface area contributed by atoms with Gasteiger partial charge in [0.2, 0.25) is 0 Å². The Morgan fingerprint density at radius 3 is 2.04 bits per heavy atom. The summed E-state index contributed by atoms with van der Waals surface area (Å²) in [6.07, 6.45) is 0. The molecule has 6 heteroatoms. The lowest BCUT2D eigenvalue weighted by Crippen LogP contribution is -2.02. The molecule has 0 amide bonds. The third-order valence-corrected chi connectivity index (χ3v) is 4.24. The molecule has 0 aliphatic carbocycles. The molecule has 6 nitrogen and oxygen atoms in total. The number of methoxy groups -OCH3 is 3. The third-order valence-electron chi connectivity index (χ3n) is 4.24. The average molecular weight is 361 g/mol. The third kappa shape index (κ3) is 3.23. The van der Waals surface area contributed by atoms with Crippen LogP contribution in [0, 0.1) is 11.3 Å². The highest BCUT2D eigenvalue weighted by molar-refractivity contribution is 5.87. The molecule has 1 aromatic heterocycles. The van der Waals surface area contributed by atoms with Gasteiger partial charge in [0.1, 0.15) is 34.7 Å². The Balaban J connectivity index is 2.35. The van der Waals surface area contributed by atoms with Crippen LogP contribution < -0.4 is 19.9 Å². The van der Waals surface area contributed by atoms with Gasteiger partial charge >= 0.3 is 0 Å². The summed E-state index contributed by atoms with van der Waals surface area (Å²) in [5, 5.41) is 9.67. The highest BCUT2D eigenvalue weighted by atomic mass is 16.5. The molecule has 0 spiro atoms. The molecule has 0 fully saturated rings. The summed E-state index contributed by atoms with van der Waals surface area (Å²) in [6, 6.07) is 16.9. The number of nitrogens with two attached hydrogens (primary N) is 1. The first-order valence-corrected chi connectivity index (χ1v) is 8.20. The Kier molecular flexibility index (Phi) is 5.13. The average Bonchev–Trinajstić information content (AvgIpc) is 2.72. The topological polar surface area (TPSA) is 90.4 Å². The molecule has 27 heavy (non-hydrogen) atoms. The van der Waals surface area contributed by atoms with Crippen LogP contribution in [0.4, 0.5) is 5.82 Å². The van der Waals surface area contributed by atoms with E-state index in [9.17, 15) is 5.26 Å². The number of rotatable bonds is 5. The summed E-state index contributed by atoms with van der Waals surface area (Å²) in [5.74, 6) is 1.93. The molecular weight excluding hydrogens is 342 g/mol. The Labute approximate surface area is 157 Å². The van der Waals surface area contributed by atoms with E-state index >= 15 is 0 Å². The molecule has 0 saturated carbocycles. The van der Waals surface area contributed by atoms with Crippen LogP contribution in [0.15, 0.2) is 48.5 Å². The molecule has 0 radical (unpaired) electrons. The van der Waals surface area contributed by atoms with Gasteiger partial charge in [-0.3, -0.25) is 0 Å². The molecular formula is C21H19N3O3. The molecule has 2 aromatic carbocycles. The van der Waals surface area contributed by atoms with Gasteiger partial charge in [-0.1, -0.05) is 18.2 Å². The fourth-order valence-electron chi connectivity index (χ4n) is 2.99. The summed E-state index contributed by atoms with van der Waals surface area (Å²) in [6.45, 7) is 0. The van der Waals surface area contributed by atoms with Crippen LogP contribution in [0.3, 0.4) is 0 Å². The van der Waals surface area contributed by atoms with Crippen LogP contribution in [0.1, 0.15) is 5.56 Å². The van der Waals surface area contributed by atoms with Crippen LogP contribution in [0.2, 0.25) is 0 Å². The first kappa shape index (κ1) is 18.1. The second kappa shape index (κ2) is 7.67. The maximum atomic E-state index is 9.67. The molecule has 0 bridgehead atoms. The predicted octanol–water partition coefficient (Wildman–Crippen LogP) is 3.90. The molecule has 0 atom stereocenters. The zero-order valence-electron chi connectivity index (χ0n) is 15.3. The van der Waals surface area contributed by atoms with Crippen molar-refractivity contribution in [1.29, 1.82) is 5.26 Å². The number of nitriles is 1. The molecule has 0 aliphatic rings. The number of aromatic nitrogens is 1. The molecule has 2 N–H and O–H groups in total. The second-order valence-electron chi connectivity index (χ2n) is 5.66. The van der Waals surface area contributed by atoms with Gasteiger partial charge in [-0.25, -0.2) is 4.98 Å². The molecule has 0 unspecified atom stereocenters. The normalized spacial score (nSPS) is 10.1. The molecule has 136 valence electrons. The number of nitrogens with zero attached hydrogens (tertiary/aromatic N) is 2. The molecule has 0 aliphatic heterocycles. The van der Waals surface area contributed by atoms with E-state index in [0.717, 1.165) is 5.56 Å². The van der Waals surface area contributed by atoms with E-state index in [1.807, 2.05) is 30.3 Å². The number of benzene rings is 2. The van der Waals surface area contributed by atoms with Crippen LogP contribution in [0.5, 0.6) is 17.2 Å². The maximum Gasteiger partial charge on any atom is 0.142 e. The van der Waals surface area contributed by atoms with Gasteiger partial charge in [0.25, 0.3) is 0 Å². The fourth-order valence-corrected chi connectivity index (χ4v) is 2.99. The Morgan fingerprint density at radius 2 is 1.44 bits per heavy atom. The number of hydrogen-bond donors (Lipinski definition) is 1. The van der Waals surface area contributed by atoms with Crippen molar-refractivity contribution in [3.63, 3.8) is 0 Å². The highest BCUT2D eigenvalue weighted by Crippen LogP contribution is 2.42. The predicted molar refractivity (Wildman–Crippen MR) is 104 cm³/mol. The van der Waals surface area contributed by atoms with Crippen molar-refractivity contribution in [3.05, 3.63) is 54.1 Å². The van der Waals surface area contributed by atoms with Crippen LogP contribution in [-0.4, -0.2) is 26.3 Å². The fraction of sp³-hybridized carbons (Fsp3) is 0.143. The first-order valence-electron chi connectivity index (χ1n) is 8.20. The lowest BCUT2D eigenvalue weighted by molar-refractivity contribution is 0.397. The molecule has 3 aromatic rings. The van der Waals surface area contributed by atoms with Gasteiger partial charge in [0.15, 0.2) is 0 Å². The van der Waals surface area contributed by atoms with E-state index < -0.39 is 0 Å². The number of anilines is 1. The van der Waals surface area contributed by atoms with Crippen LogP contribution >= 0.6 is 0 Å². The van der Waals surface area contributed by atoms with Crippen molar-refractivity contribution in [1.82, 2.24) is 4.98 Å². The zero-order chi connectivity index (χ0) is 19.4. The van der Waals surface area contributed by atoms with Crippen molar-refractivity contribution in [3.8, 4) is 45.7 Å². The van der Waals surface area contributed by atoms with Gasteiger partial charge in [0.05, 0.1) is 32.6 Å². The van der Waals surface area contributed by atoms with Gasteiger partial charge in [0, 0.05) is 11.1 Å². The summed E-state index contributed by atoms with van der Waals surface area (Å²) in [5.41, 5.74) is 8.97. The van der Waals surface area contributed by atoms with E-state index in [0.29, 0.717) is 34.1 Å². The second-order valence-corrected chi connectivity index (χ2v) is 5.66. The van der Waals surface area contributed by atoms with Crippen molar-refractivity contribution in [2.45, 2.75) is 0 Å². The number of hydrogen-bond acceptors (Lipinski definition) is 6. The smallest absolute Gasteiger partial charge is 0.142 e. The number of ether oxygens (including phenoxy) is 3. The van der Waals surface area contributed by atoms with E-state index in [2.05, 4.69) is 11.1 Å². The Morgan fingerprint density at radius 1 is 0.852 bits per heavy atom. The quantitative estimate of drug-likeness (QED) is 0.741. The maximum absolute atomic E-state index is 9.67. The molecule has 3 rings (SSSR count). The monoisotopic (exact) mass is 361 g/mol. The highest BCUT2D eigenvalue weighted by Gasteiger charge is 2.21. The largest absolute Gasteiger partial charge is 0.496 e. The first-order chi connectivity index (χ1) is 13.1. The molecule has 0 saturated heterocycles. The van der Waals surface area contributed by atoms with Gasteiger partial charge in [-0.15, -0.1) is 0 Å². The number of nitrogen functional groups attached to an aromatic ring is 1. The number of pyridine rings is 1. The number of para-hydroxylation sites is 1. The van der Waals surface area contributed by atoms with E-state index in [-0.39, 0.29) is 11.4 Å². The van der Waals surface area contributed by atoms with Crippen LogP contribution in [-0.2, 0) is 0 Å². The summed E-state index contributed by atoms with van der Waals surface area (Å²) in [7, 11) is 4.72. The van der Waals surface area contributed by atoms with E-state index in [1.165, 1.54) is 0 Å². The Hall–Kier alpha value is -3.72. The van der Waals surface area contributed by atoms with Crippen molar-refractivity contribution in [2.24, 2.45) is 0 Å². The zero-order valence-corrected chi connectivity index (χ0v) is 15.3.